The van der Waals surface area contributed by atoms with Crippen LogP contribution in [0, 0.1) is 6.92 Å². The van der Waals surface area contributed by atoms with Gasteiger partial charge in [0.1, 0.15) is 5.75 Å². The molecule has 1 aromatic carbocycles. The van der Waals surface area contributed by atoms with Crippen molar-refractivity contribution in [3.05, 3.63) is 63.4 Å². The highest BCUT2D eigenvalue weighted by Gasteiger charge is 2.10. The van der Waals surface area contributed by atoms with E-state index in [0.29, 0.717) is 23.8 Å². The Morgan fingerprint density at radius 2 is 2.16 bits per heavy atom. The van der Waals surface area contributed by atoms with Crippen LogP contribution in [0.4, 0.5) is 5.69 Å². The highest BCUT2D eigenvalue weighted by molar-refractivity contribution is 7.13. The Morgan fingerprint density at radius 1 is 1.28 bits per heavy atom. The molecule has 0 radical (unpaired) electrons. The smallest absolute Gasteiger partial charge is 0.274 e. The zero-order valence-corrected chi connectivity index (χ0v) is 14.2. The summed E-state index contributed by atoms with van der Waals surface area (Å²) in [6, 6.07) is 10.4. The van der Waals surface area contributed by atoms with Crippen molar-refractivity contribution >= 4 is 22.8 Å². The van der Waals surface area contributed by atoms with E-state index in [1.807, 2.05) is 30.5 Å². The highest BCUT2D eigenvalue weighted by atomic mass is 32.1. The van der Waals surface area contributed by atoms with Crippen molar-refractivity contribution in [2.45, 2.75) is 13.5 Å². The lowest BCUT2D eigenvalue weighted by Crippen LogP contribution is -2.17. The number of rotatable bonds is 4. The molecule has 126 valence electrons. The number of nitrogens with zero attached hydrogens (tertiary/aromatic N) is 3. The molecule has 0 amide bonds. The van der Waals surface area contributed by atoms with Gasteiger partial charge in [0.25, 0.3) is 11.3 Å². The van der Waals surface area contributed by atoms with E-state index in [0.717, 1.165) is 16.1 Å². The van der Waals surface area contributed by atoms with Crippen molar-refractivity contribution in [2.75, 3.05) is 5.32 Å². The molecule has 0 aliphatic heterocycles. The van der Waals surface area contributed by atoms with Crippen LogP contribution in [0.2, 0.25) is 0 Å². The molecule has 0 saturated carbocycles. The van der Waals surface area contributed by atoms with Crippen LogP contribution >= 0.6 is 11.3 Å². The van der Waals surface area contributed by atoms with Gasteiger partial charge in [0, 0.05) is 17.8 Å². The van der Waals surface area contributed by atoms with Crippen LogP contribution in [-0.4, -0.2) is 24.7 Å². The molecule has 0 saturated heterocycles. The fourth-order valence-electron chi connectivity index (χ4n) is 2.53. The largest absolute Gasteiger partial charge is 0.508 e. The van der Waals surface area contributed by atoms with Crippen molar-refractivity contribution in [2.24, 2.45) is 0 Å². The van der Waals surface area contributed by atoms with E-state index in [9.17, 15) is 9.90 Å². The lowest BCUT2D eigenvalue weighted by atomic mass is 10.2. The van der Waals surface area contributed by atoms with Gasteiger partial charge in [-0.05, 0) is 30.0 Å². The first-order valence-corrected chi connectivity index (χ1v) is 8.54. The molecule has 0 aliphatic carbocycles. The lowest BCUT2D eigenvalue weighted by molar-refractivity contribution is 0.475. The van der Waals surface area contributed by atoms with Crippen LogP contribution in [0.25, 0.3) is 16.5 Å². The Morgan fingerprint density at radius 3 is 2.96 bits per heavy atom. The molecule has 3 aromatic heterocycles. The van der Waals surface area contributed by atoms with Crippen LogP contribution in [0.3, 0.4) is 0 Å². The zero-order valence-electron chi connectivity index (χ0n) is 13.4. The second kappa shape index (κ2) is 6.06. The molecule has 3 heterocycles. The summed E-state index contributed by atoms with van der Waals surface area (Å²) in [5.41, 5.74) is 2.15. The van der Waals surface area contributed by atoms with Gasteiger partial charge in [-0.3, -0.25) is 9.89 Å². The van der Waals surface area contributed by atoms with Crippen molar-refractivity contribution < 1.29 is 5.11 Å². The number of aromatic nitrogens is 4. The average Bonchev–Trinajstić information content (AvgIpc) is 3.24. The van der Waals surface area contributed by atoms with Gasteiger partial charge in [0.2, 0.25) is 0 Å². The number of aryl methyl sites for hydroxylation is 1. The number of thiophene rings is 1. The minimum atomic E-state index is -0.218. The third-order valence-corrected chi connectivity index (χ3v) is 4.70. The molecule has 8 heteroatoms. The number of anilines is 1. The number of phenolic OH excluding ortho intramolecular Hbond substituents is 1. The molecule has 0 bridgehead atoms. The Balaban J connectivity index is 1.64. The molecule has 0 atom stereocenters. The number of phenols is 1. The van der Waals surface area contributed by atoms with E-state index in [1.54, 1.807) is 12.1 Å². The lowest BCUT2D eigenvalue weighted by Gasteiger charge is -2.09. The van der Waals surface area contributed by atoms with Gasteiger partial charge < -0.3 is 10.4 Å². The third-order valence-electron chi connectivity index (χ3n) is 3.82. The van der Waals surface area contributed by atoms with E-state index < -0.39 is 0 Å². The van der Waals surface area contributed by atoms with Crippen LogP contribution in [-0.2, 0) is 6.54 Å². The summed E-state index contributed by atoms with van der Waals surface area (Å²) in [7, 11) is 0. The maximum absolute atomic E-state index is 12.3. The summed E-state index contributed by atoms with van der Waals surface area (Å²) in [4.78, 5) is 22.1. The van der Waals surface area contributed by atoms with Crippen LogP contribution < -0.4 is 10.9 Å². The number of hydrogen-bond acceptors (Lipinski definition) is 6. The summed E-state index contributed by atoms with van der Waals surface area (Å²) >= 11 is 1.54. The number of aromatic amines is 1. The van der Waals surface area contributed by atoms with Crippen LogP contribution in [0.15, 0.2) is 46.6 Å². The summed E-state index contributed by atoms with van der Waals surface area (Å²) in [5, 5.41) is 17.7. The fraction of sp³-hybridized carbons (Fsp3) is 0.118. The number of hydrogen-bond donors (Lipinski definition) is 3. The topological polar surface area (TPSA) is 95.3 Å². The van der Waals surface area contributed by atoms with Crippen molar-refractivity contribution in [3.8, 4) is 16.5 Å². The molecule has 7 nitrogen and oxygen atoms in total. The predicted octanol–water partition coefficient (Wildman–Crippen LogP) is 2.77. The van der Waals surface area contributed by atoms with Crippen molar-refractivity contribution in [1.82, 2.24) is 19.6 Å². The summed E-state index contributed by atoms with van der Waals surface area (Å²) in [6.45, 7) is 2.30. The summed E-state index contributed by atoms with van der Waals surface area (Å²) in [5.74, 6) is 1.14. The number of nitrogens with one attached hydrogen (secondary N) is 2. The Labute approximate surface area is 146 Å². The first kappa shape index (κ1) is 15.4. The van der Waals surface area contributed by atoms with Crippen molar-refractivity contribution in [3.63, 3.8) is 0 Å². The van der Waals surface area contributed by atoms with E-state index in [-0.39, 0.29) is 11.3 Å². The van der Waals surface area contributed by atoms with Gasteiger partial charge in [-0.1, -0.05) is 12.1 Å². The molecule has 0 spiro atoms. The number of benzene rings is 1. The Kier molecular flexibility index (Phi) is 3.73. The quantitative estimate of drug-likeness (QED) is 0.524. The third kappa shape index (κ3) is 2.99. The van der Waals surface area contributed by atoms with Gasteiger partial charge in [0.05, 0.1) is 17.1 Å². The van der Waals surface area contributed by atoms with Gasteiger partial charge in [-0.25, -0.2) is 4.98 Å². The SMILES string of the molecule is Cc1ccc(O)cc1NCc1cc(=O)n2[nH]c(-c3cccs3)nc2n1. The summed E-state index contributed by atoms with van der Waals surface area (Å²) < 4.78 is 1.33. The predicted molar refractivity (Wildman–Crippen MR) is 97.1 cm³/mol. The maximum atomic E-state index is 12.3. The molecule has 4 aromatic rings. The van der Waals surface area contributed by atoms with Gasteiger partial charge in [0.15, 0.2) is 5.82 Å². The molecular formula is C17H15N5O2S. The minimum absolute atomic E-state index is 0.185. The number of H-pyrrole nitrogens is 1. The summed E-state index contributed by atoms with van der Waals surface area (Å²) in [6.07, 6.45) is 0. The normalized spacial score (nSPS) is 11.1. The molecule has 0 aliphatic rings. The van der Waals surface area contributed by atoms with E-state index >= 15 is 0 Å². The minimum Gasteiger partial charge on any atom is -0.508 e. The molecule has 3 N–H and O–H groups in total. The monoisotopic (exact) mass is 353 g/mol. The van der Waals surface area contributed by atoms with Gasteiger partial charge in [-0.2, -0.15) is 9.50 Å². The Hall–Kier alpha value is -3.13. The van der Waals surface area contributed by atoms with Crippen LogP contribution in [0.5, 0.6) is 5.75 Å². The standard InChI is InChI=1S/C17H15N5O2S/c1-10-4-5-12(23)8-13(10)18-9-11-7-15(24)22-17(19-11)20-16(21-22)14-3-2-6-25-14/h2-8,18,23H,9H2,1H3,(H,19,20,21). The van der Waals surface area contributed by atoms with Gasteiger partial charge >= 0.3 is 0 Å². The molecular weight excluding hydrogens is 338 g/mol. The molecule has 0 unspecified atom stereocenters. The first-order valence-electron chi connectivity index (χ1n) is 7.66. The molecule has 0 fully saturated rings. The number of fused-ring (bicyclic) bond motifs is 1. The van der Waals surface area contributed by atoms with Crippen LogP contribution in [0.1, 0.15) is 11.3 Å². The second-order valence-electron chi connectivity index (χ2n) is 5.62. The van der Waals surface area contributed by atoms with Gasteiger partial charge in [-0.15, -0.1) is 11.3 Å². The average molecular weight is 353 g/mol. The second-order valence-corrected chi connectivity index (χ2v) is 6.57. The fourth-order valence-corrected chi connectivity index (χ4v) is 3.19. The number of aromatic hydroxyl groups is 1. The Bertz CT molecular complexity index is 1100. The maximum Gasteiger partial charge on any atom is 0.274 e. The van der Waals surface area contributed by atoms with E-state index in [2.05, 4.69) is 20.4 Å². The van der Waals surface area contributed by atoms with E-state index in [1.165, 1.54) is 21.9 Å². The zero-order chi connectivity index (χ0) is 17.4. The first-order chi connectivity index (χ1) is 12.1. The highest BCUT2D eigenvalue weighted by Crippen LogP contribution is 2.22. The molecule has 25 heavy (non-hydrogen) atoms. The van der Waals surface area contributed by atoms with Crippen molar-refractivity contribution in [1.29, 1.82) is 0 Å². The molecule has 4 rings (SSSR count). The van der Waals surface area contributed by atoms with E-state index in [4.69, 9.17) is 0 Å².